The van der Waals surface area contributed by atoms with Crippen LogP contribution in [0, 0.1) is 20.8 Å². The van der Waals surface area contributed by atoms with Crippen molar-refractivity contribution in [2.24, 2.45) is 0 Å². The Balaban J connectivity index is 1.67. The van der Waals surface area contributed by atoms with E-state index in [1.165, 1.54) is 27.9 Å². The second-order valence-electron chi connectivity index (χ2n) is 7.38. The maximum absolute atomic E-state index is 5.86. The highest BCUT2D eigenvalue weighted by Crippen LogP contribution is 2.33. The largest absolute Gasteiger partial charge is 0.348 e. The number of anilines is 1. The van der Waals surface area contributed by atoms with Crippen molar-refractivity contribution in [1.82, 2.24) is 9.47 Å². The number of nitrogens with one attached hydrogen (secondary N) is 1. The molecule has 27 heavy (non-hydrogen) atoms. The maximum atomic E-state index is 5.86. The first-order chi connectivity index (χ1) is 13.0. The molecule has 0 radical (unpaired) electrons. The van der Waals surface area contributed by atoms with E-state index >= 15 is 0 Å². The van der Waals surface area contributed by atoms with Gasteiger partial charge in [-0.15, -0.1) is 0 Å². The smallest absolute Gasteiger partial charge is 0.174 e. The Kier molecular flexibility index (Phi) is 4.75. The maximum Gasteiger partial charge on any atom is 0.174 e. The summed E-state index contributed by atoms with van der Waals surface area (Å²) < 4.78 is 2.33. The molecule has 0 unspecified atom stereocenters. The van der Waals surface area contributed by atoms with Crippen molar-refractivity contribution in [3.8, 4) is 0 Å². The Bertz CT molecular complexity index is 972. The molecule has 0 saturated heterocycles. The number of benzene rings is 2. The number of hydrogen-bond donors (Lipinski definition) is 1. The second-order valence-corrected chi connectivity index (χ2v) is 7.77. The van der Waals surface area contributed by atoms with Gasteiger partial charge in [0.15, 0.2) is 5.11 Å². The van der Waals surface area contributed by atoms with Gasteiger partial charge in [-0.05, 0) is 62.3 Å². The van der Waals surface area contributed by atoms with Crippen molar-refractivity contribution in [3.63, 3.8) is 0 Å². The number of rotatable bonds is 2. The van der Waals surface area contributed by atoms with Crippen molar-refractivity contribution < 1.29 is 0 Å². The Morgan fingerprint density at radius 2 is 1.70 bits per heavy atom. The molecule has 3 nitrogen and oxygen atoms in total. The van der Waals surface area contributed by atoms with Crippen molar-refractivity contribution in [1.29, 1.82) is 0 Å². The molecule has 3 aromatic rings. The Hall–Kier alpha value is -2.59. The summed E-state index contributed by atoms with van der Waals surface area (Å²) in [4.78, 5) is 2.31. The van der Waals surface area contributed by atoms with Gasteiger partial charge < -0.3 is 14.8 Å². The Labute approximate surface area is 166 Å². The summed E-state index contributed by atoms with van der Waals surface area (Å²) in [6.45, 7) is 8.19. The summed E-state index contributed by atoms with van der Waals surface area (Å²) in [5, 5.41) is 4.27. The molecular weight excluding hydrogens is 350 g/mol. The topological polar surface area (TPSA) is 20.2 Å². The summed E-state index contributed by atoms with van der Waals surface area (Å²) >= 11 is 5.86. The predicted octanol–water partition coefficient (Wildman–Crippen LogP) is 5.22. The first kappa shape index (κ1) is 17.8. The zero-order valence-electron chi connectivity index (χ0n) is 16.1. The number of aryl methyl sites for hydroxylation is 3. The zero-order chi connectivity index (χ0) is 19.0. The second kappa shape index (κ2) is 7.20. The first-order valence-corrected chi connectivity index (χ1v) is 9.80. The van der Waals surface area contributed by atoms with Crippen LogP contribution in [0.25, 0.3) is 0 Å². The van der Waals surface area contributed by atoms with Crippen LogP contribution in [0.4, 0.5) is 5.69 Å². The fourth-order valence-corrected chi connectivity index (χ4v) is 4.15. The molecule has 0 aliphatic carbocycles. The molecular formula is C23H25N3S. The normalized spacial score (nSPS) is 16.1. The van der Waals surface area contributed by atoms with Gasteiger partial charge in [-0.2, -0.15) is 0 Å². The lowest BCUT2D eigenvalue weighted by molar-refractivity contribution is 0.293. The molecule has 4 rings (SSSR count). The van der Waals surface area contributed by atoms with E-state index in [0.717, 1.165) is 23.9 Å². The van der Waals surface area contributed by atoms with Crippen molar-refractivity contribution in [2.75, 3.05) is 11.9 Å². The zero-order valence-corrected chi connectivity index (χ0v) is 16.9. The van der Waals surface area contributed by atoms with E-state index < -0.39 is 0 Å². The Morgan fingerprint density at radius 3 is 2.44 bits per heavy atom. The lowest BCUT2D eigenvalue weighted by Crippen LogP contribution is -2.44. The summed E-state index contributed by atoms with van der Waals surface area (Å²) in [6, 6.07) is 19.7. The van der Waals surface area contributed by atoms with Gasteiger partial charge in [0.1, 0.15) is 0 Å². The van der Waals surface area contributed by atoms with Crippen LogP contribution in [0.15, 0.2) is 60.8 Å². The van der Waals surface area contributed by atoms with Crippen LogP contribution in [0.2, 0.25) is 0 Å². The van der Waals surface area contributed by atoms with Crippen LogP contribution < -0.4 is 5.32 Å². The fraction of sp³-hybridized carbons (Fsp3) is 0.261. The molecule has 2 aromatic carbocycles. The van der Waals surface area contributed by atoms with Crippen molar-refractivity contribution in [3.05, 3.63) is 88.7 Å². The average Bonchev–Trinajstić information content (AvgIpc) is 3.13. The van der Waals surface area contributed by atoms with E-state index in [9.17, 15) is 0 Å². The van der Waals surface area contributed by atoms with Crippen LogP contribution in [0.3, 0.4) is 0 Å². The standard InChI is InChI=1S/C23H25N3S/c1-16-6-9-19(10-7-16)22-21-5-4-12-25(21)13-14-26(22)23(27)24-20-11-8-17(2)15-18(20)3/h4-12,15,22H,13-14H2,1-3H3,(H,24,27)/t22-/m1/s1. The molecule has 138 valence electrons. The molecule has 0 bridgehead atoms. The van der Waals surface area contributed by atoms with E-state index in [0.29, 0.717) is 0 Å². The third-order valence-electron chi connectivity index (χ3n) is 5.32. The monoisotopic (exact) mass is 375 g/mol. The molecule has 4 heteroatoms. The van der Waals surface area contributed by atoms with Gasteiger partial charge in [-0.3, -0.25) is 0 Å². The minimum atomic E-state index is 0.125. The summed E-state index contributed by atoms with van der Waals surface area (Å²) in [5.74, 6) is 0. The van der Waals surface area contributed by atoms with Crippen molar-refractivity contribution >= 4 is 23.0 Å². The molecule has 2 heterocycles. The molecule has 0 spiro atoms. The highest BCUT2D eigenvalue weighted by molar-refractivity contribution is 7.80. The molecule has 1 aliphatic rings. The molecule has 1 atom stereocenters. The lowest BCUT2D eigenvalue weighted by Gasteiger charge is -2.39. The van der Waals surface area contributed by atoms with Gasteiger partial charge in [0, 0.05) is 30.7 Å². The van der Waals surface area contributed by atoms with Gasteiger partial charge in [0.2, 0.25) is 0 Å². The van der Waals surface area contributed by atoms with Gasteiger partial charge in [-0.25, -0.2) is 0 Å². The molecule has 0 amide bonds. The highest BCUT2D eigenvalue weighted by Gasteiger charge is 2.30. The quantitative estimate of drug-likeness (QED) is 0.621. The predicted molar refractivity (Wildman–Crippen MR) is 116 cm³/mol. The Morgan fingerprint density at radius 1 is 0.963 bits per heavy atom. The third-order valence-corrected chi connectivity index (χ3v) is 5.65. The minimum absolute atomic E-state index is 0.125. The SMILES string of the molecule is Cc1ccc([C@@H]2c3cccn3CCN2C(=S)Nc2ccc(C)cc2C)cc1. The first-order valence-electron chi connectivity index (χ1n) is 9.39. The number of aromatic nitrogens is 1. The number of nitrogens with zero attached hydrogens (tertiary/aromatic N) is 2. The number of fused-ring (bicyclic) bond motifs is 1. The third kappa shape index (κ3) is 3.50. The van der Waals surface area contributed by atoms with Gasteiger partial charge in [-0.1, -0.05) is 47.5 Å². The highest BCUT2D eigenvalue weighted by atomic mass is 32.1. The molecule has 0 fully saturated rings. The van der Waals surface area contributed by atoms with E-state index in [1.54, 1.807) is 0 Å². The van der Waals surface area contributed by atoms with Gasteiger partial charge >= 0.3 is 0 Å². The van der Waals surface area contributed by atoms with Gasteiger partial charge in [0.05, 0.1) is 6.04 Å². The van der Waals surface area contributed by atoms with Crippen LogP contribution in [0.1, 0.15) is 34.0 Å². The fourth-order valence-electron chi connectivity index (χ4n) is 3.84. The minimum Gasteiger partial charge on any atom is -0.348 e. The number of thiocarbonyl (C=S) groups is 1. The summed E-state index contributed by atoms with van der Waals surface area (Å²) in [6.07, 6.45) is 2.16. The molecule has 0 saturated carbocycles. The van der Waals surface area contributed by atoms with Crippen molar-refractivity contribution in [2.45, 2.75) is 33.4 Å². The number of hydrogen-bond acceptors (Lipinski definition) is 1. The van der Waals surface area contributed by atoms with E-state index in [2.05, 4.69) is 96.3 Å². The molecule has 1 N–H and O–H groups in total. The van der Waals surface area contributed by atoms with E-state index in [4.69, 9.17) is 12.2 Å². The summed E-state index contributed by atoms with van der Waals surface area (Å²) in [7, 11) is 0. The molecule has 1 aliphatic heterocycles. The van der Waals surface area contributed by atoms with Crippen LogP contribution in [-0.4, -0.2) is 21.1 Å². The van der Waals surface area contributed by atoms with Crippen LogP contribution >= 0.6 is 12.2 Å². The van der Waals surface area contributed by atoms with Crippen LogP contribution in [-0.2, 0) is 6.54 Å². The van der Waals surface area contributed by atoms with Crippen LogP contribution in [0.5, 0.6) is 0 Å². The molecule has 1 aromatic heterocycles. The summed E-state index contributed by atoms with van der Waals surface area (Å²) in [5.41, 5.74) is 7.38. The van der Waals surface area contributed by atoms with E-state index in [-0.39, 0.29) is 6.04 Å². The lowest BCUT2D eigenvalue weighted by atomic mass is 9.99. The van der Waals surface area contributed by atoms with E-state index in [1.807, 2.05) is 0 Å². The average molecular weight is 376 g/mol. The van der Waals surface area contributed by atoms with Gasteiger partial charge in [0.25, 0.3) is 0 Å².